The largest absolute Gasteiger partial charge is 0.534 e. The van der Waals surface area contributed by atoms with Crippen molar-refractivity contribution in [2.75, 3.05) is 6.61 Å². The lowest BCUT2D eigenvalue weighted by molar-refractivity contribution is -0.151. The van der Waals surface area contributed by atoms with E-state index in [1.54, 1.807) is 19.8 Å². The normalized spacial score (nSPS) is 13.6. The zero-order chi connectivity index (χ0) is 33.7. The van der Waals surface area contributed by atoms with Crippen LogP contribution in [0.4, 0.5) is 13.2 Å². The van der Waals surface area contributed by atoms with Crippen molar-refractivity contribution in [2.24, 2.45) is 0 Å². The number of halogens is 3. The van der Waals surface area contributed by atoms with Gasteiger partial charge in [-0.3, -0.25) is 19.2 Å². The fourth-order valence-electron chi connectivity index (χ4n) is 2.49. The number of carbonyl (C=O) groups is 4. The van der Waals surface area contributed by atoms with Crippen molar-refractivity contribution in [3.05, 3.63) is 24.0 Å². The molecular weight excluding hydrogens is 593 g/mol. The van der Waals surface area contributed by atoms with Crippen LogP contribution in [0.5, 0.6) is 0 Å². The van der Waals surface area contributed by atoms with Crippen molar-refractivity contribution in [3.8, 4) is 12.3 Å². The predicted molar refractivity (Wildman–Crippen MR) is 144 cm³/mol. The molecule has 0 aliphatic carbocycles. The van der Waals surface area contributed by atoms with E-state index < -0.39 is 57.6 Å². The van der Waals surface area contributed by atoms with Gasteiger partial charge >= 0.3 is 33.5 Å². The minimum Gasteiger partial charge on any atom is -0.481 e. The molecule has 0 saturated carbocycles. The molecule has 0 aromatic heterocycles. The first kappa shape index (κ1) is 42.9. The molecule has 0 aliphatic heterocycles. The van der Waals surface area contributed by atoms with E-state index >= 15 is 0 Å². The Morgan fingerprint density at radius 3 is 1.79 bits per heavy atom. The number of aliphatic carboxylic acids is 1. The molecule has 0 heterocycles. The van der Waals surface area contributed by atoms with Crippen LogP contribution in [0.15, 0.2) is 24.0 Å². The van der Waals surface area contributed by atoms with Gasteiger partial charge in [-0.15, -0.1) is 6.42 Å². The molecule has 16 heteroatoms. The third-order valence-corrected chi connectivity index (χ3v) is 4.68. The summed E-state index contributed by atoms with van der Waals surface area (Å²) in [5.41, 5.74) is -5.61. The van der Waals surface area contributed by atoms with E-state index in [0.29, 0.717) is 0 Å². The second-order valence-corrected chi connectivity index (χ2v) is 10.1. The van der Waals surface area contributed by atoms with Gasteiger partial charge in [-0.25, -0.2) is 0 Å². The second-order valence-electron chi connectivity index (χ2n) is 8.53. The summed E-state index contributed by atoms with van der Waals surface area (Å²) in [5.74, 6) is -1.17. The lowest BCUT2D eigenvalue weighted by Gasteiger charge is -2.24. The molecule has 0 radical (unpaired) electrons. The van der Waals surface area contributed by atoms with Gasteiger partial charge in [0, 0.05) is 34.1 Å². The first-order chi connectivity index (χ1) is 19.0. The predicted octanol–water partition coefficient (Wildman–Crippen LogP) is 4.04. The zero-order valence-electron chi connectivity index (χ0n) is 24.7. The van der Waals surface area contributed by atoms with Gasteiger partial charge in [0.05, 0.1) is 18.3 Å². The Hall–Kier alpha value is -3.58. The molecule has 0 aliphatic rings. The number of ether oxygens (including phenoxy) is 4. The van der Waals surface area contributed by atoms with E-state index in [0.717, 1.165) is 13.0 Å². The third-order valence-electron chi connectivity index (χ3n) is 3.72. The monoisotopic (exact) mass is 632 g/mol. The Labute approximate surface area is 244 Å². The lowest BCUT2D eigenvalue weighted by atomic mass is 10.1. The lowest BCUT2D eigenvalue weighted by Crippen LogP contribution is -2.28. The molecule has 3 unspecified atom stereocenters. The van der Waals surface area contributed by atoms with Crippen molar-refractivity contribution >= 4 is 34.0 Å². The van der Waals surface area contributed by atoms with Gasteiger partial charge < -0.3 is 28.2 Å². The summed E-state index contributed by atoms with van der Waals surface area (Å²) in [6.07, 6.45) is 7.45. The Morgan fingerprint density at radius 2 is 1.43 bits per heavy atom. The van der Waals surface area contributed by atoms with Crippen molar-refractivity contribution in [1.29, 1.82) is 0 Å². The molecule has 1 N–H and O–H groups in total. The molecule has 12 nitrogen and oxygen atoms in total. The average molecular weight is 633 g/mol. The van der Waals surface area contributed by atoms with Crippen LogP contribution in [-0.2, 0) is 52.4 Å². The summed E-state index contributed by atoms with van der Waals surface area (Å²) in [6.45, 7) is 11.9. The number of hydrogen-bond donors (Lipinski definition) is 1. The second kappa shape index (κ2) is 22.1. The fourth-order valence-corrected chi connectivity index (χ4v) is 2.93. The number of rotatable bonds is 13. The van der Waals surface area contributed by atoms with Crippen LogP contribution in [-0.4, -0.2) is 73.9 Å². The van der Waals surface area contributed by atoms with E-state index in [1.165, 1.54) is 32.9 Å². The van der Waals surface area contributed by atoms with Crippen LogP contribution in [0.25, 0.3) is 0 Å². The van der Waals surface area contributed by atoms with Gasteiger partial charge in [-0.05, 0) is 46.1 Å². The highest BCUT2D eigenvalue weighted by molar-refractivity contribution is 7.87. The smallest absolute Gasteiger partial charge is 0.481 e. The molecule has 0 spiro atoms. The van der Waals surface area contributed by atoms with Crippen LogP contribution in [0, 0.1) is 12.3 Å². The van der Waals surface area contributed by atoms with Crippen molar-refractivity contribution in [1.82, 2.24) is 0 Å². The average Bonchev–Trinajstić information content (AvgIpc) is 2.77. The van der Waals surface area contributed by atoms with Crippen LogP contribution < -0.4 is 0 Å². The molecule has 0 rings (SSSR count). The van der Waals surface area contributed by atoms with Crippen molar-refractivity contribution in [2.45, 2.75) is 98.2 Å². The van der Waals surface area contributed by atoms with E-state index in [2.05, 4.69) is 8.92 Å². The van der Waals surface area contributed by atoms with Gasteiger partial charge in [0.1, 0.15) is 12.7 Å². The highest BCUT2D eigenvalue weighted by atomic mass is 32.2. The quantitative estimate of drug-likeness (QED) is 0.0589. The number of terminal acetylenes is 1. The zero-order valence-corrected chi connectivity index (χ0v) is 25.5. The minimum atomic E-state index is -5.88. The maximum Gasteiger partial charge on any atom is 0.534 e. The molecule has 0 saturated heterocycles. The Kier molecular flexibility index (Phi) is 22.5. The molecule has 0 fully saturated rings. The van der Waals surface area contributed by atoms with Gasteiger partial charge in [0.2, 0.25) is 0 Å². The Morgan fingerprint density at radius 1 is 0.929 bits per heavy atom. The van der Waals surface area contributed by atoms with Crippen LogP contribution in [0.2, 0.25) is 0 Å². The first-order valence-electron chi connectivity index (χ1n) is 12.2. The molecule has 3 atom stereocenters. The Balaban J connectivity index is -0.00000116. The van der Waals surface area contributed by atoms with E-state index in [-0.39, 0.29) is 31.5 Å². The van der Waals surface area contributed by atoms with Crippen molar-refractivity contribution < 1.29 is 69.0 Å². The maximum absolute atomic E-state index is 12.4. The molecule has 0 aromatic carbocycles. The van der Waals surface area contributed by atoms with Crippen molar-refractivity contribution in [3.63, 3.8) is 0 Å². The number of allylic oxidation sites excluding steroid dienone is 3. The molecule has 0 bridgehead atoms. The molecule has 0 amide bonds. The molecule has 42 heavy (non-hydrogen) atoms. The Bertz CT molecular complexity index is 1050. The highest BCUT2D eigenvalue weighted by Crippen LogP contribution is 2.26. The topological polar surface area (TPSA) is 169 Å². The number of carboxylic acids is 1. The van der Waals surface area contributed by atoms with Gasteiger partial charge in [0.25, 0.3) is 5.97 Å². The fraction of sp³-hybridized carbons (Fsp3) is 0.615. The summed E-state index contributed by atoms with van der Waals surface area (Å²) in [4.78, 5) is 41.0. The number of carboxylic acid groups (broad SMARTS) is 1. The highest BCUT2D eigenvalue weighted by Gasteiger charge is 2.48. The summed E-state index contributed by atoms with van der Waals surface area (Å²) in [6, 6.07) is 0. The minimum absolute atomic E-state index is 0.0121. The van der Waals surface area contributed by atoms with Crippen LogP contribution in [0.1, 0.15) is 68.2 Å². The summed E-state index contributed by atoms with van der Waals surface area (Å²) >= 11 is 0. The SMILES string of the molecule is C#C/C(=C\C=C/CC(CC(C)OC(C)=O)OC(C)COC(C)=O)OS(=O)(=O)C(F)(F)F.CC(=O)O.CC(=O)OC(C)C. The number of alkyl halides is 3. The summed E-state index contributed by atoms with van der Waals surface area (Å²) in [7, 11) is -5.88. The van der Waals surface area contributed by atoms with Gasteiger partial charge in [-0.1, -0.05) is 12.2 Å². The molecule has 0 aromatic rings. The van der Waals surface area contributed by atoms with Gasteiger partial charge in [-0.2, -0.15) is 21.6 Å². The van der Waals surface area contributed by atoms with Crippen LogP contribution in [0.3, 0.4) is 0 Å². The molecule has 242 valence electrons. The molecular formula is C26H39F3O12S. The van der Waals surface area contributed by atoms with E-state index in [4.69, 9.17) is 30.5 Å². The summed E-state index contributed by atoms with van der Waals surface area (Å²) < 4.78 is 83.2. The van der Waals surface area contributed by atoms with E-state index in [1.807, 2.05) is 13.8 Å². The number of carbonyl (C=O) groups excluding carboxylic acids is 3. The standard InChI is InChI=1S/C19H25F3O8S.C5H10O2.C2H4O2/c1-6-17(30-31(25,26)19(20,21)22)9-7-8-10-18(11-13(2)28-16(5)24)29-14(3)12-27-15(4)23;1-4(2)7-5(3)6;1-2(3)4/h1,7-9,13-14,18H,10-12H2,2-5H3;4H,1-3H3;1H3,(H,3,4)/b8-7-,17-9+;;. The first-order valence-corrected chi connectivity index (χ1v) is 13.6. The number of hydrogen-bond acceptors (Lipinski definition) is 11. The third kappa shape index (κ3) is 28.0. The van der Waals surface area contributed by atoms with Crippen LogP contribution >= 0.6 is 0 Å². The summed E-state index contributed by atoms with van der Waals surface area (Å²) in [5, 5.41) is 7.42. The number of esters is 3. The maximum atomic E-state index is 12.4. The van der Waals surface area contributed by atoms with Gasteiger partial charge in [0.15, 0.2) is 5.76 Å². The van der Waals surface area contributed by atoms with E-state index in [9.17, 15) is 36.0 Å².